The molecule has 1 aromatic rings. The van der Waals surface area contributed by atoms with Crippen molar-refractivity contribution in [2.24, 2.45) is 11.8 Å². The van der Waals surface area contributed by atoms with Gasteiger partial charge in [0.25, 0.3) is 0 Å². The molecule has 1 fully saturated rings. The standard InChI is InChI=1S/C15H19NO4/c1-16(12-8-3-4-9-13(12)20-2)14(17)10-6-5-7-11(10)15(18)19/h3-4,8-11H,5-7H2,1-2H3,(H,18,19). The number of carboxylic acids is 1. The smallest absolute Gasteiger partial charge is 0.307 e. The predicted molar refractivity (Wildman–Crippen MR) is 74.9 cm³/mol. The van der Waals surface area contributed by atoms with E-state index in [1.807, 2.05) is 12.1 Å². The molecular weight excluding hydrogens is 258 g/mol. The molecule has 0 aromatic heterocycles. The molecule has 2 rings (SSSR count). The predicted octanol–water partition coefficient (Wildman–Crippen LogP) is 2.16. The fourth-order valence-electron chi connectivity index (χ4n) is 2.83. The summed E-state index contributed by atoms with van der Waals surface area (Å²) in [4.78, 5) is 25.2. The van der Waals surface area contributed by atoms with Crippen LogP contribution >= 0.6 is 0 Å². The largest absolute Gasteiger partial charge is 0.495 e. The van der Waals surface area contributed by atoms with E-state index < -0.39 is 17.8 Å². The molecule has 0 aliphatic heterocycles. The number of carboxylic acid groups (broad SMARTS) is 1. The first-order valence-corrected chi connectivity index (χ1v) is 6.69. The Balaban J connectivity index is 2.22. The minimum atomic E-state index is -0.880. The van der Waals surface area contributed by atoms with E-state index in [1.54, 1.807) is 26.3 Å². The maximum atomic E-state index is 12.5. The summed E-state index contributed by atoms with van der Waals surface area (Å²) in [6.45, 7) is 0. The van der Waals surface area contributed by atoms with Crippen LogP contribution in [0.25, 0.3) is 0 Å². The zero-order chi connectivity index (χ0) is 14.7. The molecule has 1 aromatic carbocycles. The number of anilines is 1. The van der Waals surface area contributed by atoms with E-state index in [9.17, 15) is 14.7 Å². The molecule has 1 aliphatic rings. The van der Waals surface area contributed by atoms with Gasteiger partial charge in [0.15, 0.2) is 0 Å². The summed E-state index contributed by atoms with van der Waals surface area (Å²) in [6.07, 6.45) is 1.99. The topological polar surface area (TPSA) is 66.8 Å². The molecule has 5 nitrogen and oxygen atoms in total. The molecule has 0 radical (unpaired) electrons. The highest BCUT2D eigenvalue weighted by Crippen LogP contribution is 2.35. The summed E-state index contributed by atoms with van der Waals surface area (Å²) in [5.74, 6) is -1.44. The number of carbonyl (C=O) groups is 2. The second-order valence-electron chi connectivity index (χ2n) is 5.05. The van der Waals surface area contributed by atoms with Crippen LogP contribution in [0.4, 0.5) is 5.69 Å². The molecule has 0 bridgehead atoms. The van der Waals surface area contributed by atoms with E-state index in [-0.39, 0.29) is 5.91 Å². The summed E-state index contributed by atoms with van der Waals surface area (Å²) in [5.41, 5.74) is 0.663. The number of methoxy groups -OCH3 is 1. The van der Waals surface area contributed by atoms with E-state index in [2.05, 4.69) is 0 Å². The lowest BCUT2D eigenvalue weighted by atomic mass is 9.94. The summed E-state index contributed by atoms with van der Waals surface area (Å²) >= 11 is 0. The average molecular weight is 277 g/mol. The van der Waals surface area contributed by atoms with Gasteiger partial charge in [-0.1, -0.05) is 18.6 Å². The van der Waals surface area contributed by atoms with Crippen molar-refractivity contribution in [2.75, 3.05) is 19.1 Å². The fourth-order valence-corrected chi connectivity index (χ4v) is 2.83. The first kappa shape index (κ1) is 14.4. The van der Waals surface area contributed by atoms with Crippen LogP contribution in [0.5, 0.6) is 5.75 Å². The van der Waals surface area contributed by atoms with Crippen molar-refractivity contribution in [2.45, 2.75) is 19.3 Å². The normalized spacial score (nSPS) is 21.5. The van der Waals surface area contributed by atoms with Gasteiger partial charge >= 0.3 is 5.97 Å². The van der Waals surface area contributed by atoms with Crippen LogP contribution in [-0.4, -0.2) is 31.1 Å². The Morgan fingerprint density at radius 3 is 2.55 bits per heavy atom. The number of nitrogens with zero attached hydrogens (tertiary/aromatic N) is 1. The van der Waals surface area contributed by atoms with Gasteiger partial charge in [0.1, 0.15) is 5.75 Å². The molecule has 2 atom stereocenters. The summed E-state index contributed by atoms with van der Waals surface area (Å²) < 4.78 is 5.24. The molecule has 1 aliphatic carbocycles. The molecule has 0 saturated heterocycles. The number of rotatable bonds is 4. The molecule has 0 spiro atoms. The second-order valence-corrected chi connectivity index (χ2v) is 5.05. The maximum absolute atomic E-state index is 12.5. The Hall–Kier alpha value is -2.04. The first-order valence-electron chi connectivity index (χ1n) is 6.69. The Morgan fingerprint density at radius 1 is 1.25 bits per heavy atom. The van der Waals surface area contributed by atoms with Crippen molar-refractivity contribution in [3.8, 4) is 5.75 Å². The van der Waals surface area contributed by atoms with Crippen molar-refractivity contribution >= 4 is 17.6 Å². The Bertz CT molecular complexity index is 514. The lowest BCUT2D eigenvalue weighted by Crippen LogP contribution is -2.37. The van der Waals surface area contributed by atoms with Crippen LogP contribution in [-0.2, 0) is 9.59 Å². The number of ether oxygens (including phenoxy) is 1. The van der Waals surface area contributed by atoms with Crippen LogP contribution in [0, 0.1) is 11.8 Å². The monoisotopic (exact) mass is 277 g/mol. The van der Waals surface area contributed by atoms with Gasteiger partial charge in [-0.05, 0) is 25.0 Å². The zero-order valence-electron chi connectivity index (χ0n) is 11.7. The lowest BCUT2D eigenvalue weighted by molar-refractivity contribution is -0.145. The fraction of sp³-hybridized carbons (Fsp3) is 0.467. The number of amides is 1. The third-order valence-corrected chi connectivity index (χ3v) is 3.93. The molecular formula is C15H19NO4. The highest BCUT2D eigenvalue weighted by molar-refractivity contribution is 5.98. The Labute approximate surface area is 118 Å². The first-order chi connectivity index (χ1) is 9.56. The van der Waals surface area contributed by atoms with Crippen LogP contribution < -0.4 is 9.64 Å². The molecule has 1 amide bonds. The molecule has 1 N–H and O–H groups in total. The van der Waals surface area contributed by atoms with Crippen molar-refractivity contribution < 1.29 is 19.4 Å². The van der Waals surface area contributed by atoms with Gasteiger partial charge in [-0.15, -0.1) is 0 Å². The van der Waals surface area contributed by atoms with E-state index >= 15 is 0 Å². The van der Waals surface area contributed by atoms with Gasteiger partial charge in [0, 0.05) is 7.05 Å². The van der Waals surface area contributed by atoms with Crippen molar-refractivity contribution in [1.29, 1.82) is 0 Å². The SMILES string of the molecule is COc1ccccc1N(C)C(=O)C1CCCC1C(=O)O. The Kier molecular flexibility index (Phi) is 4.27. The van der Waals surface area contributed by atoms with Crippen LogP contribution in [0.2, 0.25) is 0 Å². The third-order valence-electron chi connectivity index (χ3n) is 3.93. The van der Waals surface area contributed by atoms with Crippen LogP contribution in [0.1, 0.15) is 19.3 Å². The van der Waals surface area contributed by atoms with Gasteiger partial charge < -0.3 is 14.7 Å². The number of hydrogen-bond donors (Lipinski definition) is 1. The highest BCUT2D eigenvalue weighted by atomic mass is 16.5. The quantitative estimate of drug-likeness (QED) is 0.915. The van der Waals surface area contributed by atoms with Gasteiger partial charge in [-0.3, -0.25) is 9.59 Å². The zero-order valence-corrected chi connectivity index (χ0v) is 11.7. The number of hydrogen-bond acceptors (Lipinski definition) is 3. The average Bonchev–Trinajstić information content (AvgIpc) is 2.95. The summed E-state index contributed by atoms with van der Waals surface area (Å²) in [5, 5.41) is 9.19. The van der Waals surface area contributed by atoms with Gasteiger partial charge in [0.2, 0.25) is 5.91 Å². The minimum Gasteiger partial charge on any atom is -0.495 e. The van der Waals surface area contributed by atoms with Gasteiger partial charge in [0.05, 0.1) is 24.6 Å². The lowest BCUT2D eigenvalue weighted by Gasteiger charge is -2.24. The van der Waals surface area contributed by atoms with Crippen molar-refractivity contribution in [1.82, 2.24) is 0 Å². The second kappa shape index (κ2) is 5.94. The molecule has 1 saturated carbocycles. The van der Waals surface area contributed by atoms with Crippen molar-refractivity contribution in [3.63, 3.8) is 0 Å². The third kappa shape index (κ3) is 2.61. The number of para-hydroxylation sites is 2. The maximum Gasteiger partial charge on any atom is 0.307 e. The van der Waals surface area contributed by atoms with E-state index in [4.69, 9.17) is 4.74 Å². The van der Waals surface area contributed by atoms with E-state index in [0.29, 0.717) is 24.3 Å². The van der Waals surface area contributed by atoms with E-state index in [0.717, 1.165) is 6.42 Å². The van der Waals surface area contributed by atoms with Crippen molar-refractivity contribution in [3.05, 3.63) is 24.3 Å². The molecule has 0 heterocycles. The molecule has 108 valence electrons. The minimum absolute atomic E-state index is 0.153. The number of carbonyl (C=O) groups excluding carboxylic acids is 1. The molecule has 2 unspecified atom stereocenters. The Morgan fingerprint density at radius 2 is 1.90 bits per heavy atom. The molecule has 20 heavy (non-hydrogen) atoms. The summed E-state index contributed by atoms with van der Waals surface area (Å²) in [7, 11) is 3.21. The number of benzene rings is 1. The van der Waals surface area contributed by atoms with E-state index in [1.165, 1.54) is 4.90 Å². The van der Waals surface area contributed by atoms with Crippen LogP contribution in [0.3, 0.4) is 0 Å². The van der Waals surface area contributed by atoms with Gasteiger partial charge in [-0.25, -0.2) is 0 Å². The number of aliphatic carboxylic acids is 1. The highest BCUT2D eigenvalue weighted by Gasteiger charge is 2.39. The van der Waals surface area contributed by atoms with Gasteiger partial charge in [-0.2, -0.15) is 0 Å². The van der Waals surface area contributed by atoms with Crippen LogP contribution in [0.15, 0.2) is 24.3 Å². The summed E-state index contributed by atoms with van der Waals surface area (Å²) in [6, 6.07) is 7.23. The molecule has 5 heteroatoms.